The molecule has 0 rings (SSSR count). The summed E-state index contributed by atoms with van der Waals surface area (Å²) in [5, 5.41) is 14.2. The van der Waals surface area contributed by atoms with E-state index in [0.29, 0.717) is 6.54 Å². The fourth-order valence-electron chi connectivity index (χ4n) is 1.38. The smallest absolute Gasteiger partial charge is 0.321 e. The normalized spacial score (nSPS) is 12.6. The molecule has 0 aromatic heterocycles. The second kappa shape index (κ2) is 8.84. The van der Waals surface area contributed by atoms with Gasteiger partial charge < -0.3 is 15.2 Å². The predicted molar refractivity (Wildman–Crippen MR) is 67.2 cm³/mol. The largest absolute Gasteiger partial charge is 0.389 e. The first kappa shape index (κ1) is 16.8. The molecular formula is C11H23N3O4. The van der Waals surface area contributed by atoms with Crippen LogP contribution in [0.2, 0.25) is 0 Å². The molecule has 0 spiro atoms. The number of carbonyl (C=O) groups excluding carboxylic acids is 2. The Morgan fingerprint density at radius 1 is 1.39 bits per heavy atom. The van der Waals surface area contributed by atoms with Crippen molar-refractivity contribution in [2.24, 2.45) is 0 Å². The van der Waals surface area contributed by atoms with Crippen molar-refractivity contribution in [1.82, 2.24) is 15.5 Å². The Balaban J connectivity index is 3.89. The molecule has 106 valence electrons. The highest BCUT2D eigenvalue weighted by atomic mass is 16.5. The van der Waals surface area contributed by atoms with Gasteiger partial charge in [-0.05, 0) is 20.9 Å². The van der Waals surface area contributed by atoms with E-state index >= 15 is 0 Å². The SMILES string of the molecule is COCC(O)CN(C)CC(=O)NC(=O)NC(C)C. The molecule has 0 aliphatic carbocycles. The third-order valence-corrected chi connectivity index (χ3v) is 1.97. The Labute approximate surface area is 107 Å². The molecule has 0 saturated heterocycles. The molecule has 0 fully saturated rings. The van der Waals surface area contributed by atoms with Gasteiger partial charge in [-0.2, -0.15) is 0 Å². The van der Waals surface area contributed by atoms with E-state index in [1.807, 2.05) is 0 Å². The zero-order chi connectivity index (χ0) is 14.1. The van der Waals surface area contributed by atoms with E-state index in [9.17, 15) is 14.7 Å². The fraction of sp³-hybridized carbons (Fsp3) is 0.818. The number of nitrogens with one attached hydrogen (secondary N) is 2. The van der Waals surface area contributed by atoms with Crippen molar-refractivity contribution in [2.45, 2.75) is 26.0 Å². The van der Waals surface area contributed by atoms with Gasteiger partial charge in [0.15, 0.2) is 0 Å². The molecule has 1 atom stereocenters. The first-order valence-electron chi connectivity index (χ1n) is 5.81. The van der Waals surface area contributed by atoms with Gasteiger partial charge in [0, 0.05) is 19.7 Å². The van der Waals surface area contributed by atoms with E-state index in [1.165, 1.54) is 7.11 Å². The second-order valence-electron chi connectivity index (χ2n) is 4.48. The number of likely N-dealkylation sites (N-methyl/N-ethyl adjacent to an activating group) is 1. The molecule has 0 radical (unpaired) electrons. The number of methoxy groups -OCH3 is 1. The van der Waals surface area contributed by atoms with Crippen LogP contribution in [0.5, 0.6) is 0 Å². The van der Waals surface area contributed by atoms with Crippen LogP contribution in [0.4, 0.5) is 4.79 Å². The molecule has 0 bridgehead atoms. The van der Waals surface area contributed by atoms with Gasteiger partial charge in [0.05, 0.1) is 19.3 Å². The highest BCUT2D eigenvalue weighted by Gasteiger charge is 2.13. The summed E-state index contributed by atoms with van der Waals surface area (Å²) in [6.45, 7) is 4.15. The maximum atomic E-state index is 11.5. The van der Waals surface area contributed by atoms with Gasteiger partial charge in [0.2, 0.25) is 5.91 Å². The summed E-state index contributed by atoms with van der Waals surface area (Å²) < 4.78 is 4.78. The third kappa shape index (κ3) is 8.91. The van der Waals surface area contributed by atoms with E-state index in [0.717, 1.165) is 0 Å². The van der Waals surface area contributed by atoms with Crippen molar-refractivity contribution in [3.8, 4) is 0 Å². The van der Waals surface area contributed by atoms with Gasteiger partial charge >= 0.3 is 6.03 Å². The van der Waals surface area contributed by atoms with Crippen LogP contribution in [0, 0.1) is 0 Å². The first-order chi connectivity index (χ1) is 8.35. The molecule has 18 heavy (non-hydrogen) atoms. The lowest BCUT2D eigenvalue weighted by molar-refractivity contribution is -0.121. The number of imide groups is 1. The molecular weight excluding hydrogens is 238 g/mol. The maximum absolute atomic E-state index is 11.5. The maximum Gasteiger partial charge on any atom is 0.321 e. The second-order valence-corrected chi connectivity index (χ2v) is 4.48. The zero-order valence-electron chi connectivity index (χ0n) is 11.4. The first-order valence-corrected chi connectivity index (χ1v) is 5.81. The topological polar surface area (TPSA) is 90.9 Å². The predicted octanol–water partition coefficient (Wildman–Crippen LogP) is -0.840. The molecule has 3 amide bonds. The molecule has 7 nitrogen and oxygen atoms in total. The van der Waals surface area contributed by atoms with Crippen LogP contribution in [0.25, 0.3) is 0 Å². The van der Waals surface area contributed by atoms with Crippen LogP contribution in [-0.4, -0.2) is 67.9 Å². The Bertz CT molecular complexity index is 271. The van der Waals surface area contributed by atoms with Gasteiger partial charge in [0.1, 0.15) is 0 Å². The Morgan fingerprint density at radius 2 is 2.00 bits per heavy atom. The number of ether oxygens (including phenoxy) is 1. The molecule has 1 unspecified atom stereocenters. The van der Waals surface area contributed by atoms with Gasteiger partial charge in [-0.25, -0.2) is 4.79 Å². The molecule has 0 aromatic rings. The molecule has 7 heteroatoms. The minimum absolute atomic E-state index is 0.0287. The average Bonchev–Trinajstić information content (AvgIpc) is 2.14. The summed E-state index contributed by atoms with van der Waals surface area (Å²) in [6, 6.07) is -0.542. The lowest BCUT2D eigenvalue weighted by Crippen LogP contribution is -2.46. The molecule has 0 aliphatic rings. The Kier molecular flexibility index (Phi) is 8.27. The number of aliphatic hydroxyl groups is 1. The van der Waals surface area contributed by atoms with Crippen LogP contribution in [0.3, 0.4) is 0 Å². The number of carbonyl (C=O) groups is 2. The Morgan fingerprint density at radius 3 is 2.50 bits per heavy atom. The minimum atomic E-state index is -0.655. The van der Waals surface area contributed by atoms with Crippen molar-refractivity contribution < 1.29 is 19.4 Å². The number of nitrogens with zero attached hydrogens (tertiary/aromatic N) is 1. The molecule has 0 saturated carbocycles. The van der Waals surface area contributed by atoms with E-state index in [-0.39, 0.29) is 19.2 Å². The number of urea groups is 1. The summed E-state index contributed by atoms with van der Waals surface area (Å²) >= 11 is 0. The van der Waals surface area contributed by atoms with Crippen LogP contribution in [0.1, 0.15) is 13.8 Å². The monoisotopic (exact) mass is 261 g/mol. The van der Waals surface area contributed by atoms with E-state index in [4.69, 9.17) is 4.74 Å². The lowest BCUT2D eigenvalue weighted by Gasteiger charge is -2.19. The van der Waals surface area contributed by atoms with Crippen molar-refractivity contribution in [3.63, 3.8) is 0 Å². The average molecular weight is 261 g/mol. The number of aliphatic hydroxyl groups excluding tert-OH is 1. The van der Waals surface area contributed by atoms with Gasteiger partial charge in [-0.15, -0.1) is 0 Å². The van der Waals surface area contributed by atoms with Crippen LogP contribution in [0.15, 0.2) is 0 Å². The van der Waals surface area contributed by atoms with E-state index in [1.54, 1.807) is 25.8 Å². The van der Waals surface area contributed by atoms with Gasteiger partial charge in [-0.3, -0.25) is 15.0 Å². The van der Waals surface area contributed by atoms with Crippen molar-refractivity contribution in [3.05, 3.63) is 0 Å². The molecule has 3 N–H and O–H groups in total. The van der Waals surface area contributed by atoms with E-state index in [2.05, 4.69) is 10.6 Å². The quantitative estimate of drug-likeness (QED) is 0.556. The number of hydrogen-bond acceptors (Lipinski definition) is 5. The van der Waals surface area contributed by atoms with E-state index < -0.39 is 18.0 Å². The molecule has 0 aromatic carbocycles. The lowest BCUT2D eigenvalue weighted by atomic mass is 10.3. The van der Waals surface area contributed by atoms with Crippen molar-refractivity contribution >= 4 is 11.9 Å². The summed E-state index contributed by atoms with van der Waals surface area (Å²) in [6.07, 6.45) is -0.655. The zero-order valence-corrected chi connectivity index (χ0v) is 11.4. The molecule has 0 aliphatic heterocycles. The summed E-state index contributed by atoms with van der Waals surface area (Å²) in [4.78, 5) is 24.3. The van der Waals surface area contributed by atoms with Gasteiger partial charge in [-0.1, -0.05) is 0 Å². The number of rotatable bonds is 7. The summed E-state index contributed by atoms with van der Waals surface area (Å²) in [7, 11) is 3.17. The van der Waals surface area contributed by atoms with Crippen LogP contribution < -0.4 is 10.6 Å². The standard InChI is InChI=1S/C11H23N3O4/c1-8(2)12-11(17)13-10(16)6-14(3)5-9(15)7-18-4/h8-9,15H,5-7H2,1-4H3,(H2,12,13,16,17). The summed E-state index contributed by atoms with van der Waals surface area (Å²) in [5.74, 6) is -0.416. The summed E-state index contributed by atoms with van der Waals surface area (Å²) in [5.41, 5.74) is 0. The third-order valence-electron chi connectivity index (χ3n) is 1.97. The van der Waals surface area contributed by atoms with Crippen molar-refractivity contribution in [2.75, 3.05) is 33.9 Å². The minimum Gasteiger partial charge on any atom is -0.389 e. The Hall–Kier alpha value is -1.18. The number of hydrogen-bond donors (Lipinski definition) is 3. The highest BCUT2D eigenvalue weighted by molar-refractivity contribution is 5.95. The van der Waals surface area contributed by atoms with Crippen LogP contribution in [-0.2, 0) is 9.53 Å². The highest BCUT2D eigenvalue weighted by Crippen LogP contribution is 1.90. The van der Waals surface area contributed by atoms with Crippen molar-refractivity contribution in [1.29, 1.82) is 0 Å². The van der Waals surface area contributed by atoms with Gasteiger partial charge in [0.25, 0.3) is 0 Å². The fourth-order valence-corrected chi connectivity index (χ4v) is 1.38. The number of amides is 3. The van der Waals surface area contributed by atoms with Crippen LogP contribution >= 0.6 is 0 Å². The molecule has 0 heterocycles.